The molecular formula is C20H24N2O4S. The number of furan rings is 1. The van der Waals surface area contributed by atoms with E-state index in [1.807, 2.05) is 26.0 Å². The van der Waals surface area contributed by atoms with E-state index in [0.717, 1.165) is 16.9 Å². The first kappa shape index (κ1) is 19.4. The third-order valence-corrected chi connectivity index (χ3v) is 6.71. The van der Waals surface area contributed by atoms with E-state index in [2.05, 4.69) is 0 Å². The minimum absolute atomic E-state index is 0.146. The van der Waals surface area contributed by atoms with Crippen LogP contribution in [0.25, 0.3) is 6.08 Å². The van der Waals surface area contributed by atoms with Crippen molar-refractivity contribution in [1.29, 1.82) is 0 Å². The second-order valence-corrected chi connectivity index (χ2v) is 8.69. The van der Waals surface area contributed by atoms with Gasteiger partial charge in [0, 0.05) is 32.3 Å². The number of sulfonamides is 1. The maximum Gasteiger partial charge on any atom is 0.246 e. The number of rotatable bonds is 4. The summed E-state index contributed by atoms with van der Waals surface area (Å²) in [6.45, 7) is 6.89. The zero-order chi connectivity index (χ0) is 19.6. The van der Waals surface area contributed by atoms with Crippen molar-refractivity contribution < 1.29 is 17.6 Å². The number of piperazine rings is 1. The van der Waals surface area contributed by atoms with E-state index in [1.54, 1.807) is 36.1 Å². The number of hydrogen-bond acceptors (Lipinski definition) is 4. The molecule has 7 heteroatoms. The summed E-state index contributed by atoms with van der Waals surface area (Å²) in [4.78, 5) is 14.3. The lowest BCUT2D eigenvalue weighted by Crippen LogP contribution is -2.50. The van der Waals surface area contributed by atoms with E-state index in [0.29, 0.717) is 23.7 Å². The highest BCUT2D eigenvalue weighted by Crippen LogP contribution is 2.22. The molecule has 0 radical (unpaired) electrons. The van der Waals surface area contributed by atoms with Crippen LogP contribution >= 0.6 is 0 Å². The topological polar surface area (TPSA) is 70.8 Å². The molecule has 1 fully saturated rings. The Hall–Kier alpha value is -2.38. The van der Waals surface area contributed by atoms with Crippen LogP contribution in [0, 0.1) is 20.8 Å². The number of carbonyl (C=O) groups is 1. The van der Waals surface area contributed by atoms with Gasteiger partial charge in [0.2, 0.25) is 15.9 Å². The Morgan fingerprint density at radius 3 is 2.33 bits per heavy atom. The maximum absolute atomic E-state index is 12.9. The van der Waals surface area contributed by atoms with Crippen LogP contribution in [0.1, 0.15) is 22.6 Å². The van der Waals surface area contributed by atoms with E-state index < -0.39 is 10.0 Å². The highest BCUT2D eigenvalue weighted by Gasteiger charge is 2.30. The fourth-order valence-electron chi connectivity index (χ4n) is 3.18. The summed E-state index contributed by atoms with van der Waals surface area (Å²) >= 11 is 0. The summed E-state index contributed by atoms with van der Waals surface area (Å²) in [5, 5.41) is 0. The molecule has 1 aromatic carbocycles. The summed E-state index contributed by atoms with van der Waals surface area (Å²) < 4.78 is 32.7. The minimum Gasteiger partial charge on any atom is -0.462 e. The summed E-state index contributed by atoms with van der Waals surface area (Å²) in [5.41, 5.74) is 1.77. The van der Waals surface area contributed by atoms with Crippen LogP contribution in [-0.2, 0) is 14.8 Å². The van der Waals surface area contributed by atoms with Crippen molar-refractivity contribution in [2.45, 2.75) is 25.7 Å². The average Bonchev–Trinajstić information content (AvgIpc) is 3.05. The molecule has 27 heavy (non-hydrogen) atoms. The predicted molar refractivity (Wildman–Crippen MR) is 104 cm³/mol. The molecule has 0 unspecified atom stereocenters. The zero-order valence-electron chi connectivity index (χ0n) is 15.8. The monoisotopic (exact) mass is 388 g/mol. The van der Waals surface area contributed by atoms with Gasteiger partial charge in [-0.2, -0.15) is 4.31 Å². The number of amides is 1. The standard InChI is InChI=1S/C20H24N2O4S/c1-15-4-8-19(16(2)14-15)27(24,25)22-12-10-21(11-13-22)20(23)9-7-18-6-5-17(3)26-18/h4-9,14H,10-13H2,1-3H3. The van der Waals surface area contributed by atoms with Gasteiger partial charge in [-0.15, -0.1) is 0 Å². The molecule has 2 heterocycles. The van der Waals surface area contributed by atoms with Crippen LogP contribution < -0.4 is 0 Å². The fraction of sp³-hybridized carbons (Fsp3) is 0.350. The summed E-state index contributed by atoms with van der Waals surface area (Å²) in [7, 11) is -3.55. The lowest BCUT2D eigenvalue weighted by atomic mass is 10.2. The molecule has 144 valence electrons. The van der Waals surface area contributed by atoms with Crippen LogP contribution in [0.15, 0.2) is 45.7 Å². The molecule has 0 atom stereocenters. The first-order valence-electron chi connectivity index (χ1n) is 8.88. The predicted octanol–water partition coefficient (Wildman–Crippen LogP) is 2.75. The van der Waals surface area contributed by atoms with Crippen molar-refractivity contribution in [2.75, 3.05) is 26.2 Å². The normalized spacial score (nSPS) is 16.2. The third kappa shape index (κ3) is 4.31. The van der Waals surface area contributed by atoms with Crippen molar-refractivity contribution in [3.8, 4) is 0 Å². The molecule has 6 nitrogen and oxygen atoms in total. The molecule has 1 amide bonds. The van der Waals surface area contributed by atoms with E-state index in [9.17, 15) is 13.2 Å². The van der Waals surface area contributed by atoms with Crippen molar-refractivity contribution in [3.63, 3.8) is 0 Å². The molecule has 1 aliphatic heterocycles. The zero-order valence-corrected chi connectivity index (χ0v) is 16.6. The summed E-state index contributed by atoms with van der Waals surface area (Å²) in [5.74, 6) is 1.26. The molecular weight excluding hydrogens is 364 g/mol. The van der Waals surface area contributed by atoms with Crippen molar-refractivity contribution >= 4 is 22.0 Å². The minimum atomic E-state index is -3.55. The molecule has 0 bridgehead atoms. The maximum atomic E-state index is 12.9. The Bertz CT molecular complexity index is 968. The number of carbonyl (C=O) groups excluding carboxylic acids is 1. The summed E-state index contributed by atoms with van der Waals surface area (Å²) in [6, 6.07) is 8.97. The van der Waals surface area contributed by atoms with E-state index in [4.69, 9.17) is 4.42 Å². The molecule has 1 aromatic heterocycles. The Labute approximate surface area is 160 Å². The quantitative estimate of drug-likeness (QED) is 0.755. The van der Waals surface area contributed by atoms with Gasteiger partial charge in [0.25, 0.3) is 0 Å². The number of hydrogen-bond donors (Lipinski definition) is 0. The lowest BCUT2D eigenvalue weighted by molar-refractivity contribution is -0.127. The third-order valence-electron chi connectivity index (χ3n) is 4.65. The highest BCUT2D eigenvalue weighted by atomic mass is 32.2. The van der Waals surface area contributed by atoms with Gasteiger partial charge >= 0.3 is 0 Å². The average molecular weight is 388 g/mol. The van der Waals surface area contributed by atoms with Gasteiger partial charge in [-0.25, -0.2) is 8.42 Å². The Kier molecular flexibility index (Phi) is 5.53. The van der Waals surface area contributed by atoms with Crippen molar-refractivity contribution in [2.24, 2.45) is 0 Å². The van der Waals surface area contributed by atoms with E-state index in [-0.39, 0.29) is 19.0 Å². The summed E-state index contributed by atoms with van der Waals surface area (Å²) in [6.07, 6.45) is 3.10. The smallest absolute Gasteiger partial charge is 0.246 e. The van der Waals surface area contributed by atoms with Gasteiger partial charge in [0.1, 0.15) is 11.5 Å². The van der Waals surface area contributed by atoms with Gasteiger partial charge in [-0.3, -0.25) is 4.79 Å². The SMILES string of the molecule is Cc1ccc(S(=O)(=O)N2CCN(C(=O)C=Cc3ccc(C)o3)CC2)c(C)c1. The van der Waals surface area contributed by atoms with Gasteiger partial charge in [-0.1, -0.05) is 17.7 Å². The first-order valence-corrected chi connectivity index (χ1v) is 10.3. The largest absolute Gasteiger partial charge is 0.462 e. The van der Waals surface area contributed by atoms with Crippen LogP contribution in [-0.4, -0.2) is 49.7 Å². The number of aryl methyl sites for hydroxylation is 3. The number of benzene rings is 1. The highest BCUT2D eigenvalue weighted by molar-refractivity contribution is 7.89. The van der Waals surface area contributed by atoms with Crippen LogP contribution in [0.4, 0.5) is 0 Å². The fourth-order valence-corrected chi connectivity index (χ4v) is 4.81. The Balaban J connectivity index is 1.64. The van der Waals surface area contributed by atoms with E-state index >= 15 is 0 Å². The second kappa shape index (κ2) is 7.70. The lowest BCUT2D eigenvalue weighted by Gasteiger charge is -2.33. The second-order valence-electron chi connectivity index (χ2n) is 6.78. The molecule has 3 rings (SSSR count). The van der Waals surface area contributed by atoms with Gasteiger partial charge in [0.15, 0.2) is 0 Å². The van der Waals surface area contributed by atoms with Gasteiger partial charge in [-0.05, 0) is 50.6 Å². The molecule has 1 saturated heterocycles. The van der Waals surface area contributed by atoms with Crippen LogP contribution in [0.3, 0.4) is 0 Å². The van der Waals surface area contributed by atoms with Crippen LogP contribution in [0.5, 0.6) is 0 Å². The molecule has 0 saturated carbocycles. The molecule has 0 N–H and O–H groups in total. The van der Waals surface area contributed by atoms with Gasteiger partial charge in [0.05, 0.1) is 4.90 Å². The van der Waals surface area contributed by atoms with Crippen molar-refractivity contribution in [3.05, 3.63) is 59.1 Å². The Morgan fingerprint density at radius 1 is 1.04 bits per heavy atom. The van der Waals surface area contributed by atoms with Crippen molar-refractivity contribution in [1.82, 2.24) is 9.21 Å². The number of nitrogens with zero attached hydrogens (tertiary/aromatic N) is 2. The molecule has 2 aromatic rings. The Morgan fingerprint density at radius 2 is 1.74 bits per heavy atom. The first-order chi connectivity index (χ1) is 12.8. The molecule has 0 spiro atoms. The van der Waals surface area contributed by atoms with Crippen LogP contribution in [0.2, 0.25) is 0 Å². The van der Waals surface area contributed by atoms with Gasteiger partial charge < -0.3 is 9.32 Å². The molecule has 1 aliphatic rings. The molecule has 0 aliphatic carbocycles. The van der Waals surface area contributed by atoms with E-state index in [1.165, 1.54) is 10.4 Å².